The van der Waals surface area contributed by atoms with E-state index in [0.717, 1.165) is 62.2 Å². The number of pyridine rings is 1. The Morgan fingerprint density at radius 2 is 1.63 bits per heavy atom. The summed E-state index contributed by atoms with van der Waals surface area (Å²) in [7, 11) is 0. The van der Waals surface area contributed by atoms with Crippen LogP contribution >= 0.6 is 11.6 Å². The molecule has 3 saturated heterocycles. The number of amides is 2. The van der Waals surface area contributed by atoms with Gasteiger partial charge in [-0.25, -0.2) is 4.98 Å². The van der Waals surface area contributed by atoms with Gasteiger partial charge in [0, 0.05) is 55.8 Å². The Kier molecular flexibility index (Phi) is 10.1. The van der Waals surface area contributed by atoms with Crippen molar-refractivity contribution in [3.63, 3.8) is 0 Å². The van der Waals surface area contributed by atoms with Crippen molar-refractivity contribution in [2.24, 2.45) is 17.0 Å². The summed E-state index contributed by atoms with van der Waals surface area (Å²) in [5, 5.41) is 5.11. The van der Waals surface area contributed by atoms with Crippen LogP contribution in [0, 0.1) is 11.8 Å². The Hall–Kier alpha value is -3.21. The number of benzene rings is 1. The smallest absolute Gasteiger partial charge is 0.263 e. The van der Waals surface area contributed by atoms with E-state index in [0.29, 0.717) is 50.2 Å². The lowest BCUT2D eigenvalue weighted by molar-refractivity contribution is -0.140. The molecule has 0 radical (unpaired) electrons. The number of hydrogen-bond donors (Lipinski definition) is 1. The number of nitrogens with two attached hydrogens (primary N) is 1. The van der Waals surface area contributed by atoms with Gasteiger partial charge in [0.15, 0.2) is 6.61 Å². The maximum Gasteiger partial charge on any atom is 0.263 e. The van der Waals surface area contributed by atoms with E-state index in [2.05, 4.69) is 15.0 Å². The number of carbonyl (C=O) groups excluding carboxylic acids is 2. The van der Waals surface area contributed by atoms with Crippen LogP contribution < -0.4 is 5.73 Å². The Labute approximate surface area is 246 Å². The molecular weight excluding hydrogens is 544 g/mol. The van der Waals surface area contributed by atoms with Crippen LogP contribution in [0.5, 0.6) is 0 Å². The van der Waals surface area contributed by atoms with Crippen LogP contribution in [0.15, 0.2) is 47.8 Å². The summed E-state index contributed by atoms with van der Waals surface area (Å²) < 4.78 is 5.32. The molecule has 220 valence electrons. The lowest BCUT2D eigenvalue weighted by Gasteiger charge is -2.37. The number of aromatic nitrogens is 1. The molecule has 2 amide bonds. The van der Waals surface area contributed by atoms with Crippen LogP contribution in [0.4, 0.5) is 5.82 Å². The van der Waals surface area contributed by atoms with Gasteiger partial charge in [0.1, 0.15) is 5.82 Å². The Balaban J connectivity index is 1.14. The van der Waals surface area contributed by atoms with Crippen molar-refractivity contribution in [2.45, 2.75) is 32.2 Å². The van der Waals surface area contributed by atoms with E-state index in [9.17, 15) is 9.59 Å². The molecule has 0 bridgehead atoms. The highest BCUT2D eigenvalue weighted by molar-refractivity contribution is 6.30. The topological polar surface area (TPSA) is 114 Å². The molecule has 3 fully saturated rings. The van der Waals surface area contributed by atoms with Crippen molar-refractivity contribution in [1.82, 2.24) is 19.7 Å². The van der Waals surface area contributed by atoms with Gasteiger partial charge >= 0.3 is 0 Å². The fourth-order valence-electron chi connectivity index (χ4n) is 5.87. The van der Waals surface area contributed by atoms with E-state index in [1.807, 2.05) is 41.3 Å². The third kappa shape index (κ3) is 7.96. The molecule has 0 saturated carbocycles. The van der Waals surface area contributed by atoms with Crippen LogP contribution in [0.2, 0.25) is 5.02 Å². The zero-order valence-corrected chi connectivity index (χ0v) is 24.2. The molecule has 5 rings (SSSR count). The summed E-state index contributed by atoms with van der Waals surface area (Å²) in [6, 6.07) is 11.4. The molecule has 0 atom stereocenters. The van der Waals surface area contributed by atoms with E-state index in [1.165, 1.54) is 0 Å². The van der Waals surface area contributed by atoms with E-state index >= 15 is 0 Å². The first-order valence-electron chi connectivity index (χ1n) is 14.5. The minimum atomic E-state index is -0.109. The number of carbonyl (C=O) groups is 2. The summed E-state index contributed by atoms with van der Waals surface area (Å²) in [5.41, 5.74) is 8.69. The van der Waals surface area contributed by atoms with Gasteiger partial charge in [0.25, 0.3) is 5.91 Å². The van der Waals surface area contributed by atoms with Crippen LogP contribution in [0.3, 0.4) is 0 Å². The molecule has 0 unspecified atom stereocenters. The number of likely N-dealkylation sites (tertiary alicyclic amines) is 2. The number of hydrogen-bond acceptors (Lipinski definition) is 8. The normalized spacial score (nSPS) is 19.8. The molecule has 4 heterocycles. The van der Waals surface area contributed by atoms with Crippen LogP contribution in [-0.4, -0.2) is 96.3 Å². The van der Waals surface area contributed by atoms with Crippen LogP contribution in [0.1, 0.15) is 36.8 Å². The molecule has 2 N–H and O–H groups in total. The molecular formula is C30H39ClN6O4. The van der Waals surface area contributed by atoms with Gasteiger partial charge in [-0.15, -0.1) is 0 Å². The van der Waals surface area contributed by atoms with E-state index < -0.39 is 0 Å². The number of piperidine rings is 2. The molecule has 3 aliphatic heterocycles. The lowest BCUT2D eigenvalue weighted by atomic mass is 9.87. The van der Waals surface area contributed by atoms with Gasteiger partial charge in [-0.1, -0.05) is 28.9 Å². The number of morpholine rings is 1. The second kappa shape index (κ2) is 14.1. The molecule has 11 heteroatoms. The average Bonchev–Trinajstić information content (AvgIpc) is 3.00. The molecule has 10 nitrogen and oxygen atoms in total. The average molecular weight is 583 g/mol. The number of rotatable bonds is 8. The molecule has 3 aliphatic rings. The zero-order chi connectivity index (χ0) is 28.6. The highest BCUT2D eigenvalue weighted by Crippen LogP contribution is 2.27. The number of anilines is 1. The highest BCUT2D eigenvalue weighted by Gasteiger charge is 2.32. The number of ether oxygens (including phenoxy) is 1. The monoisotopic (exact) mass is 582 g/mol. The largest absolute Gasteiger partial charge is 0.385 e. The summed E-state index contributed by atoms with van der Waals surface area (Å²) in [4.78, 5) is 41.7. The van der Waals surface area contributed by atoms with Crippen LogP contribution in [0.25, 0.3) is 0 Å². The van der Waals surface area contributed by atoms with Gasteiger partial charge in [-0.2, -0.15) is 0 Å². The van der Waals surface area contributed by atoms with Crippen molar-refractivity contribution in [3.05, 3.63) is 58.7 Å². The maximum absolute atomic E-state index is 13.4. The predicted molar refractivity (Wildman–Crippen MR) is 157 cm³/mol. The standard InChI is InChI=1S/C30H39ClN6O4/c31-26-3-1-23(2-4-26)29(34-41-21-28(38)36-15-17-40-18-16-36)24-8-13-37(14-9-24)30(39)25-6-11-35(12-7-25)20-22-5-10-33-27(32)19-22/h1-5,10,19,24-25H,6-9,11-18,20-21H2,(H2,32,33)/b34-29-. The second-order valence-electron chi connectivity index (χ2n) is 11.0. The molecule has 1 aromatic carbocycles. The fourth-order valence-corrected chi connectivity index (χ4v) is 5.99. The second-order valence-corrected chi connectivity index (χ2v) is 11.4. The summed E-state index contributed by atoms with van der Waals surface area (Å²) in [5.74, 6) is 0.878. The first-order valence-corrected chi connectivity index (χ1v) is 14.9. The third-order valence-electron chi connectivity index (χ3n) is 8.24. The van der Waals surface area contributed by atoms with Gasteiger partial charge in [0.05, 0.1) is 18.9 Å². The number of nitrogen functional groups attached to an aromatic ring is 1. The Bertz CT molecular complexity index is 1200. The Morgan fingerprint density at radius 1 is 0.951 bits per heavy atom. The van der Waals surface area contributed by atoms with Crippen molar-refractivity contribution >= 4 is 34.9 Å². The third-order valence-corrected chi connectivity index (χ3v) is 8.49. The fraction of sp³-hybridized carbons (Fsp3) is 0.533. The predicted octanol–water partition coefficient (Wildman–Crippen LogP) is 3.05. The number of nitrogens with zero attached hydrogens (tertiary/aromatic N) is 5. The zero-order valence-electron chi connectivity index (χ0n) is 23.4. The summed E-state index contributed by atoms with van der Waals surface area (Å²) in [6.45, 7) is 6.09. The van der Waals surface area contributed by atoms with Crippen molar-refractivity contribution in [3.8, 4) is 0 Å². The first kappa shape index (κ1) is 29.3. The lowest BCUT2D eigenvalue weighted by Crippen LogP contribution is -2.46. The Morgan fingerprint density at radius 3 is 2.32 bits per heavy atom. The quantitative estimate of drug-likeness (QED) is 0.376. The van der Waals surface area contributed by atoms with Gasteiger partial charge < -0.3 is 25.1 Å². The highest BCUT2D eigenvalue weighted by atomic mass is 35.5. The molecule has 1 aromatic heterocycles. The minimum Gasteiger partial charge on any atom is -0.385 e. The maximum atomic E-state index is 13.4. The number of halogens is 1. The SMILES string of the molecule is Nc1cc(CN2CCC(C(=O)N3CCC(/C(=N\OCC(=O)N4CCOCC4)c4ccc(Cl)cc4)CC3)CC2)ccn1. The molecule has 2 aromatic rings. The van der Waals surface area contributed by atoms with Crippen LogP contribution in [-0.2, 0) is 25.7 Å². The first-order chi connectivity index (χ1) is 20.0. The molecule has 0 aliphatic carbocycles. The number of oxime groups is 1. The van der Waals surface area contributed by atoms with Gasteiger partial charge in [-0.3, -0.25) is 14.5 Å². The molecule has 0 spiro atoms. The van der Waals surface area contributed by atoms with Gasteiger partial charge in [-0.05, 0) is 74.2 Å². The van der Waals surface area contributed by atoms with E-state index in [-0.39, 0.29) is 30.3 Å². The van der Waals surface area contributed by atoms with Crippen molar-refractivity contribution < 1.29 is 19.2 Å². The molecule has 41 heavy (non-hydrogen) atoms. The van der Waals surface area contributed by atoms with E-state index in [1.54, 1.807) is 11.1 Å². The van der Waals surface area contributed by atoms with Crippen molar-refractivity contribution in [1.29, 1.82) is 0 Å². The van der Waals surface area contributed by atoms with Gasteiger partial charge in [0.2, 0.25) is 5.91 Å². The minimum absolute atomic E-state index is 0.0595. The summed E-state index contributed by atoms with van der Waals surface area (Å²) in [6.07, 6.45) is 5.04. The van der Waals surface area contributed by atoms with Crippen molar-refractivity contribution in [2.75, 3.05) is 64.8 Å². The van der Waals surface area contributed by atoms with E-state index in [4.69, 9.17) is 26.9 Å². The summed E-state index contributed by atoms with van der Waals surface area (Å²) >= 11 is 6.13.